The summed E-state index contributed by atoms with van der Waals surface area (Å²) in [4.78, 5) is 27.0. The highest BCUT2D eigenvalue weighted by molar-refractivity contribution is 7.90. The number of hydrogen-bond acceptors (Lipinski definition) is 4. The molecule has 0 spiro atoms. The fourth-order valence-electron chi connectivity index (χ4n) is 3.08. The molecule has 142 valence electrons. The van der Waals surface area contributed by atoms with Crippen molar-refractivity contribution in [3.63, 3.8) is 0 Å². The van der Waals surface area contributed by atoms with Gasteiger partial charge in [0, 0.05) is 36.2 Å². The maximum atomic E-state index is 12.6. The van der Waals surface area contributed by atoms with Crippen molar-refractivity contribution >= 4 is 27.3 Å². The maximum Gasteiger partial charge on any atom is 0.255 e. The Balaban J connectivity index is 1.76. The molecule has 1 aliphatic heterocycles. The highest BCUT2D eigenvalue weighted by Gasteiger charge is 2.19. The standard InChI is InChI=1S/C20H22N2O4S/c1-27(25,26)18-10-6-7-15(14-18)19(23)21-17-9-5-8-16(13-17)20(24)22-11-3-2-4-12-22/h5-10,13-14H,2-4,11-12H2,1H3,(H,21,23). The second-order valence-corrected chi connectivity index (χ2v) is 8.70. The zero-order valence-electron chi connectivity index (χ0n) is 15.1. The molecule has 0 atom stereocenters. The third-order valence-corrected chi connectivity index (χ3v) is 5.65. The molecule has 0 aliphatic carbocycles. The number of nitrogens with one attached hydrogen (secondary N) is 1. The number of carbonyl (C=O) groups excluding carboxylic acids is 2. The lowest BCUT2D eigenvalue weighted by molar-refractivity contribution is 0.0724. The Morgan fingerprint density at radius 2 is 1.59 bits per heavy atom. The van der Waals surface area contributed by atoms with Crippen LogP contribution in [0.25, 0.3) is 0 Å². The van der Waals surface area contributed by atoms with Crippen molar-refractivity contribution < 1.29 is 18.0 Å². The largest absolute Gasteiger partial charge is 0.339 e. The summed E-state index contributed by atoms with van der Waals surface area (Å²) in [5.74, 6) is -0.465. The smallest absolute Gasteiger partial charge is 0.255 e. The third kappa shape index (κ3) is 4.74. The summed E-state index contributed by atoms with van der Waals surface area (Å²) in [6, 6.07) is 12.7. The average Bonchev–Trinajstić information content (AvgIpc) is 2.68. The molecule has 2 aromatic rings. The molecule has 1 fully saturated rings. The maximum absolute atomic E-state index is 12.6. The fraction of sp³-hybridized carbons (Fsp3) is 0.300. The molecule has 3 rings (SSSR count). The second-order valence-electron chi connectivity index (χ2n) is 6.69. The molecule has 2 amide bonds. The number of hydrogen-bond donors (Lipinski definition) is 1. The van der Waals surface area contributed by atoms with Gasteiger partial charge in [0.05, 0.1) is 4.90 Å². The Kier molecular flexibility index (Phi) is 5.60. The number of rotatable bonds is 4. The van der Waals surface area contributed by atoms with Gasteiger partial charge in [0.1, 0.15) is 0 Å². The number of amides is 2. The van der Waals surface area contributed by atoms with Crippen molar-refractivity contribution in [3.05, 3.63) is 59.7 Å². The molecule has 1 aliphatic rings. The van der Waals surface area contributed by atoms with E-state index in [2.05, 4.69) is 5.32 Å². The Morgan fingerprint density at radius 1 is 0.926 bits per heavy atom. The Bertz CT molecular complexity index is 963. The van der Waals surface area contributed by atoms with E-state index in [1.54, 1.807) is 30.3 Å². The van der Waals surface area contributed by atoms with Gasteiger partial charge in [0.25, 0.3) is 11.8 Å². The molecule has 1 N–H and O–H groups in total. The first-order valence-corrected chi connectivity index (χ1v) is 10.7. The van der Waals surface area contributed by atoms with Crippen molar-refractivity contribution in [1.29, 1.82) is 0 Å². The van der Waals surface area contributed by atoms with Gasteiger partial charge in [-0.1, -0.05) is 12.1 Å². The van der Waals surface area contributed by atoms with E-state index >= 15 is 0 Å². The van der Waals surface area contributed by atoms with E-state index in [0.717, 1.165) is 38.6 Å². The van der Waals surface area contributed by atoms with Crippen molar-refractivity contribution in [3.8, 4) is 0 Å². The number of nitrogens with zero attached hydrogens (tertiary/aromatic N) is 1. The van der Waals surface area contributed by atoms with Crippen LogP contribution in [0.5, 0.6) is 0 Å². The molecule has 1 heterocycles. The Labute approximate surface area is 159 Å². The van der Waals surface area contributed by atoms with Gasteiger partial charge in [-0.2, -0.15) is 0 Å². The predicted octanol–water partition coefficient (Wildman–Crippen LogP) is 2.97. The molecule has 0 saturated carbocycles. The van der Waals surface area contributed by atoms with Crippen LogP contribution in [0.3, 0.4) is 0 Å². The summed E-state index contributed by atoms with van der Waals surface area (Å²) in [6.07, 6.45) is 4.27. The summed E-state index contributed by atoms with van der Waals surface area (Å²) in [5.41, 5.74) is 1.26. The van der Waals surface area contributed by atoms with Gasteiger partial charge >= 0.3 is 0 Å². The summed E-state index contributed by atoms with van der Waals surface area (Å²) in [7, 11) is -3.39. The molecule has 1 saturated heterocycles. The van der Waals surface area contributed by atoms with Crippen molar-refractivity contribution in [2.75, 3.05) is 24.7 Å². The van der Waals surface area contributed by atoms with E-state index in [-0.39, 0.29) is 16.4 Å². The van der Waals surface area contributed by atoms with Crippen LogP contribution in [0.4, 0.5) is 5.69 Å². The molecule has 0 radical (unpaired) electrons. The van der Waals surface area contributed by atoms with Crippen LogP contribution in [-0.4, -0.2) is 44.5 Å². The fourth-order valence-corrected chi connectivity index (χ4v) is 3.75. The number of sulfone groups is 1. The summed E-state index contributed by atoms with van der Waals surface area (Å²) >= 11 is 0. The molecule has 0 aromatic heterocycles. The monoisotopic (exact) mass is 386 g/mol. The normalized spacial score (nSPS) is 14.6. The quantitative estimate of drug-likeness (QED) is 0.876. The molecule has 2 aromatic carbocycles. The minimum Gasteiger partial charge on any atom is -0.339 e. The van der Waals surface area contributed by atoms with Crippen molar-refractivity contribution in [2.24, 2.45) is 0 Å². The minimum absolute atomic E-state index is 0.0372. The Hall–Kier alpha value is -2.67. The van der Waals surface area contributed by atoms with Gasteiger partial charge in [0.2, 0.25) is 0 Å². The summed E-state index contributed by atoms with van der Waals surface area (Å²) in [5, 5.41) is 2.73. The molecule has 27 heavy (non-hydrogen) atoms. The first-order chi connectivity index (χ1) is 12.8. The van der Waals surface area contributed by atoms with Crippen LogP contribution in [0, 0.1) is 0 Å². The van der Waals surface area contributed by atoms with E-state index in [9.17, 15) is 18.0 Å². The van der Waals surface area contributed by atoms with Crippen LogP contribution in [-0.2, 0) is 9.84 Å². The average molecular weight is 386 g/mol. The number of anilines is 1. The van der Waals surface area contributed by atoms with Crippen LogP contribution in [0.15, 0.2) is 53.4 Å². The molecular formula is C20H22N2O4S. The first kappa shape index (κ1) is 19.1. The zero-order valence-corrected chi connectivity index (χ0v) is 16.0. The molecule has 7 heteroatoms. The second kappa shape index (κ2) is 7.92. The zero-order chi connectivity index (χ0) is 19.4. The number of piperidine rings is 1. The summed E-state index contributed by atoms with van der Waals surface area (Å²) < 4.78 is 23.3. The van der Waals surface area contributed by atoms with Gasteiger partial charge in [-0.25, -0.2) is 8.42 Å². The van der Waals surface area contributed by atoms with Gasteiger partial charge < -0.3 is 10.2 Å². The SMILES string of the molecule is CS(=O)(=O)c1cccc(C(=O)Nc2cccc(C(=O)N3CCCCC3)c2)c1. The molecular weight excluding hydrogens is 364 g/mol. The van der Waals surface area contributed by atoms with Crippen LogP contribution in [0.1, 0.15) is 40.0 Å². The molecule has 0 bridgehead atoms. The minimum atomic E-state index is -3.39. The first-order valence-electron chi connectivity index (χ1n) is 8.85. The van der Waals surface area contributed by atoms with Gasteiger partial charge in [0.15, 0.2) is 9.84 Å². The van der Waals surface area contributed by atoms with E-state index < -0.39 is 15.7 Å². The van der Waals surface area contributed by atoms with Crippen molar-refractivity contribution in [2.45, 2.75) is 24.2 Å². The topological polar surface area (TPSA) is 83.5 Å². The van der Waals surface area contributed by atoms with E-state index in [1.807, 2.05) is 4.90 Å². The van der Waals surface area contributed by atoms with Crippen LogP contribution >= 0.6 is 0 Å². The summed E-state index contributed by atoms with van der Waals surface area (Å²) in [6.45, 7) is 1.52. The van der Waals surface area contributed by atoms with Gasteiger partial charge in [-0.15, -0.1) is 0 Å². The highest BCUT2D eigenvalue weighted by Crippen LogP contribution is 2.18. The van der Waals surface area contributed by atoms with E-state index in [1.165, 1.54) is 18.2 Å². The number of carbonyl (C=O) groups is 2. The highest BCUT2D eigenvalue weighted by atomic mass is 32.2. The van der Waals surface area contributed by atoms with Crippen LogP contribution in [0.2, 0.25) is 0 Å². The van der Waals surface area contributed by atoms with Gasteiger partial charge in [-0.3, -0.25) is 9.59 Å². The van der Waals surface area contributed by atoms with Crippen molar-refractivity contribution in [1.82, 2.24) is 4.90 Å². The lowest BCUT2D eigenvalue weighted by atomic mass is 10.1. The molecule has 0 unspecified atom stereocenters. The predicted molar refractivity (Wildman–Crippen MR) is 104 cm³/mol. The van der Waals surface area contributed by atoms with E-state index in [0.29, 0.717) is 11.3 Å². The Morgan fingerprint density at radius 3 is 2.30 bits per heavy atom. The van der Waals surface area contributed by atoms with Gasteiger partial charge in [-0.05, 0) is 55.7 Å². The van der Waals surface area contributed by atoms with Crippen LogP contribution < -0.4 is 5.32 Å². The van der Waals surface area contributed by atoms with E-state index in [4.69, 9.17) is 0 Å². The number of benzene rings is 2. The lowest BCUT2D eigenvalue weighted by Gasteiger charge is -2.26. The third-order valence-electron chi connectivity index (χ3n) is 4.54. The number of likely N-dealkylation sites (tertiary alicyclic amines) is 1. The lowest BCUT2D eigenvalue weighted by Crippen LogP contribution is -2.35. The molecule has 6 nitrogen and oxygen atoms in total.